The zero-order valence-corrected chi connectivity index (χ0v) is 13.2. The Morgan fingerprint density at radius 1 is 1.45 bits per heavy atom. The number of piperidine rings is 1. The van der Waals surface area contributed by atoms with Crippen LogP contribution in [-0.4, -0.2) is 35.6 Å². The van der Waals surface area contributed by atoms with Crippen molar-refractivity contribution in [3.05, 3.63) is 29.6 Å². The summed E-state index contributed by atoms with van der Waals surface area (Å²) in [6.45, 7) is 11.2. The number of aryl methyl sites for hydroxylation is 1. The van der Waals surface area contributed by atoms with Gasteiger partial charge in [0.25, 0.3) is 0 Å². The van der Waals surface area contributed by atoms with E-state index in [4.69, 9.17) is 0 Å². The van der Waals surface area contributed by atoms with E-state index in [0.29, 0.717) is 6.04 Å². The fourth-order valence-corrected chi connectivity index (χ4v) is 3.10. The van der Waals surface area contributed by atoms with Gasteiger partial charge in [0.15, 0.2) is 0 Å². The number of nitrogens with zero attached hydrogens (tertiary/aromatic N) is 2. The zero-order valence-electron chi connectivity index (χ0n) is 13.2. The van der Waals surface area contributed by atoms with E-state index in [0.717, 1.165) is 24.7 Å². The van der Waals surface area contributed by atoms with E-state index < -0.39 is 0 Å². The van der Waals surface area contributed by atoms with Gasteiger partial charge in [0.2, 0.25) is 0 Å². The van der Waals surface area contributed by atoms with Crippen molar-refractivity contribution in [2.24, 2.45) is 5.92 Å². The fourth-order valence-electron chi connectivity index (χ4n) is 3.10. The molecule has 1 aromatic heterocycles. The molecule has 112 valence electrons. The van der Waals surface area contributed by atoms with Crippen LogP contribution in [0.1, 0.15) is 44.5 Å². The minimum atomic E-state index is 0.628. The number of likely N-dealkylation sites (tertiary alicyclic amines) is 1. The molecule has 2 rings (SSSR count). The molecule has 1 aliphatic heterocycles. The molecule has 1 aromatic rings. The third kappa shape index (κ3) is 4.57. The van der Waals surface area contributed by atoms with Crippen molar-refractivity contribution in [2.45, 2.75) is 52.6 Å². The second kappa shape index (κ2) is 7.75. The van der Waals surface area contributed by atoms with Crippen molar-refractivity contribution < 1.29 is 0 Å². The third-order valence-electron chi connectivity index (χ3n) is 4.30. The third-order valence-corrected chi connectivity index (χ3v) is 4.30. The number of hydrogen-bond donors (Lipinski definition) is 1. The number of rotatable bonds is 6. The van der Waals surface area contributed by atoms with Crippen LogP contribution in [0.15, 0.2) is 18.2 Å². The normalized spacial score (nSPS) is 21.9. The molecule has 20 heavy (non-hydrogen) atoms. The van der Waals surface area contributed by atoms with Crippen molar-refractivity contribution in [3.8, 4) is 0 Å². The topological polar surface area (TPSA) is 28.2 Å². The molecular formula is C17H29N3. The molecule has 0 saturated carbocycles. The van der Waals surface area contributed by atoms with Crippen molar-refractivity contribution in [1.82, 2.24) is 15.2 Å². The maximum Gasteiger partial charge on any atom is 0.0547 e. The Morgan fingerprint density at radius 2 is 2.30 bits per heavy atom. The molecule has 0 aromatic carbocycles. The molecular weight excluding hydrogens is 246 g/mol. The second-order valence-electron chi connectivity index (χ2n) is 6.15. The van der Waals surface area contributed by atoms with Crippen LogP contribution >= 0.6 is 0 Å². The summed E-state index contributed by atoms with van der Waals surface area (Å²) in [5.74, 6) is 0.778. The molecule has 0 bridgehead atoms. The van der Waals surface area contributed by atoms with E-state index in [9.17, 15) is 0 Å². The van der Waals surface area contributed by atoms with E-state index in [2.05, 4.69) is 54.2 Å². The maximum absolute atomic E-state index is 4.63. The van der Waals surface area contributed by atoms with Gasteiger partial charge in [-0.3, -0.25) is 9.88 Å². The summed E-state index contributed by atoms with van der Waals surface area (Å²) >= 11 is 0. The van der Waals surface area contributed by atoms with E-state index in [1.54, 1.807) is 0 Å². The molecule has 3 heteroatoms. The summed E-state index contributed by atoms with van der Waals surface area (Å²) < 4.78 is 0. The zero-order chi connectivity index (χ0) is 14.4. The average molecular weight is 275 g/mol. The number of nitrogens with one attached hydrogen (secondary N) is 1. The van der Waals surface area contributed by atoms with Crippen LogP contribution in [0, 0.1) is 12.8 Å². The Bertz CT molecular complexity index is 405. The Morgan fingerprint density at radius 3 is 3.05 bits per heavy atom. The lowest BCUT2D eigenvalue weighted by Gasteiger charge is -2.36. The lowest BCUT2D eigenvalue weighted by Crippen LogP contribution is -2.44. The van der Waals surface area contributed by atoms with Gasteiger partial charge >= 0.3 is 0 Å². The van der Waals surface area contributed by atoms with Crippen LogP contribution < -0.4 is 5.32 Å². The monoisotopic (exact) mass is 275 g/mol. The van der Waals surface area contributed by atoms with Gasteiger partial charge in [0, 0.05) is 24.8 Å². The molecule has 2 heterocycles. The van der Waals surface area contributed by atoms with Gasteiger partial charge < -0.3 is 5.32 Å². The quantitative estimate of drug-likeness (QED) is 0.865. The number of pyridine rings is 1. The molecule has 2 unspecified atom stereocenters. The molecule has 1 aliphatic rings. The van der Waals surface area contributed by atoms with Crippen molar-refractivity contribution in [3.63, 3.8) is 0 Å². The Balaban J connectivity index is 1.87. The fraction of sp³-hybridized carbons (Fsp3) is 0.706. The predicted octanol–water partition coefficient (Wildman–Crippen LogP) is 2.99. The van der Waals surface area contributed by atoms with E-state index >= 15 is 0 Å². The number of aromatic nitrogens is 1. The van der Waals surface area contributed by atoms with E-state index in [1.807, 2.05) is 0 Å². The van der Waals surface area contributed by atoms with Gasteiger partial charge in [-0.25, -0.2) is 0 Å². The van der Waals surface area contributed by atoms with Crippen LogP contribution in [0.5, 0.6) is 0 Å². The highest BCUT2D eigenvalue weighted by atomic mass is 15.1. The maximum atomic E-state index is 4.63. The van der Waals surface area contributed by atoms with Gasteiger partial charge in [0.05, 0.1) is 5.69 Å². The lowest BCUT2D eigenvalue weighted by atomic mass is 9.91. The molecule has 1 fully saturated rings. The van der Waals surface area contributed by atoms with Crippen LogP contribution in [0.4, 0.5) is 0 Å². The van der Waals surface area contributed by atoms with Gasteiger partial charge in [-0.05, 0) is 64.3 Å². The summed E-state index contributed by atoms with van der Waals surface area (Å²) in [4.78, 5) is 7.20. The SMILES string of the molecule is CCCNC(C)C1CCCN(Cc2cccc(C)n2)C1. The van der Waals surface area contributed by atoms with Gasteiger partial charge in [-0.15, -0.1) is 0 Å². The van der Waals surface area contributed by atoms with Gasteiger partial charge in [0.1, 0.15) is 0 Å². The van der Waals surface area contributed by atoms with E-state index in [-0.39, 0.29) is 0 Å². The highest BCUT2D eigenvalue weighted by molar-refractivity contribution is 5.09. The standard InChI is InChI=1S/C17H29N3/c1-4-10-18-15(3)16-8-6-11-20(12-16)13-17-9-5-7-14(2)19-17/h5,7,9,15-16,18H,4,6,8,10-13H2,1-3H3. The van der Waals surface area contributed by atoms with Crippen molar-refractivity contribution in [1.29, 1.82) is 0 Å². The molecule has 0 aliphatic carbocycles. The Kier molecular flexibility index (Phi) is 5.99. The van der Waals surface area contributed by atoms with Crippen molar-refractivity contribution >= 4 is 0 Å². The first-order valence-corrected chi connectivity index (χ1v) is 8.07. The summed E-state index contributed by atoms with van der Waals surface area (Å²) in [5.41, 5.74) is 2.33. The van der Waals surface area contributed by atoms with Crippen LogP contribution in [-0.2, 0) is 6.54 Å². The summed E-state index contributed by atoms with van der Waals surface area (Å²) in [7, 11) is 0. The minimum Gasteiger partial charge on any atom is -0.314 e. The molecule has 0 amide bonds. The highest BCUT2D eigenvalue weighted by Gasteiger charge is 2.24. The molecule has 1 N–H and O–H groups in total. The van der Waals surface area contributed by atoms with Gasteiger partial charge in [-0.1, -0.05) is 13.0 Å². The first-order valence-electron chi connectivity index (χ1n) is 8.07. The van der Waals surface area contributed by atoms with Crippen LogP contribution in [0.3, 0.4) is 0 Å². The minimum absolute atomic E-state index is 0.628. The largest absolute Gasteiger partial charge is 0.314 e. The summed E-state index contributed by atoms with van der Waals surface area (Å²) in [6, 6.07) is 6.96. The summed E-state index contributed by atoms with van der Waals surface area (Å²) in [5, 5.41) is 3.65. The molecule has 0 spiro atoms. The smallest absolute Gasteiger partial charge is 0.0547 e. The average Bonchev–Trinajstić information content (AvgIpc) is 2.45. The first kappa shape index (κ1) is 15.5. The van der Waals surface area contributed by atoms with Crippen molar-refractivity contribution in [2.75, 3.05) is 19.6 Å². The molecule has 1 saturated heterocycles. The number of hydrogen-bond acceptors (Lipinski definition) is 3. The molecule has 2 atom stereocenters. The first-order chi connectivity index (χ1) is 9.69. The van der Waals surface area contributed by atoms with E-state index in [1.165, 1.54) is 38.0 Å². The molecule has 3 nitrogen and oxygen atoms in total. The second-order valence-corrected chi connectivity index (χ2v) is 6.15. The Hall–Kier alpha value is -0.930. The van der Waals surface area contributed by atoms with Gasteiger partial charge in [-0.2, -0.15) is 0 Å². The predicted molar refractivity (Wildman–Crippen MR) is 84.7 cm³/mol. The summed E-state index contributed by atoms with van der Waals surface area (Å²) in [6.07, 6.45) is 3.89. The highest BCUT2D eigenvalue weighted by Crippen LogP contribution is 2.21. The Labute approximate surface area is 123 Å². The van der Waals surface area contributed by atoms with Crippen LogP contribution in [0.2, 0.25) is 0 Å². The molecule has 0 radical (unpaired) electrons. The van der Waals surface area contributed by atoms with Crippen LogP contribution in [0.25, 0.3) is 0 Å². The lowest BCUT2D eigenvalue weighted by molar-refractivity contribution is 0.143.